The van der Waals surface area contributed by atoms with Crippen molar-refractivity contribution in [1.82, 2.24) is 15.0 Å². The molecule has 0 N–H and O–H groups in total. The molecule has 3 aromatic heterocycles. The quantitative estimate of drug-likeness (QED) is 0.671. The zero-order chi connectivity index (χ0) is 16.4. The first-order chi connectivity index (χ1) is 11.0. The SMILES string of the molecule is BB(B)c1ccnc(-c2cc(C)cc(-c3cc(C)ccn3)n2)c1. The van der Waals surface area contributed by atoms with Gasteiger partial charge in [-0.25, -0.2) is 4.98 Å². The first-order valence-electron chi connectivity index (χ1n) is 7.91. The van der Waals surface area contributed by atoms with Gasteiger partial charge in [-0.05, 0) is 55.3 Å². The highest BCUT2D eigenvalue weighted by atomic mass is 14.8. The summed E-state index contributed by atoms with van der Waals surface area (Å²) in [4.78, 5) is 13.7. The lowest BCUT2D eigenvalue weighted by Crippen LogP contribution is -2.31. The van der Waals surface area contributed by atoms with Crippen molar-refractivity contribution in [2.24, 2.45) is 0 Å². The lowest BCUT2D eigenvalue weighted by Gasteiger charge is -2.09. The van der Waals surface area contributed by atoms with E-state index in [-0.39, 0.29) is 0 Å². The highest BCUT2D eigenvalue weighted by Crippen LogP contribution is 2.22. The van der Waals surface area contributed by atoms with Gasteiger partial charge < -0.3 is 0 Å². The van der Waals surface area contributed by atoms with Crippen LogP contribution in [0.5, 0.6) is 0 Å². The van der Waals surface area contributed by atoms with Crippen molar-refractivity contribution >= 4 is 27.4 Å². The third-order valence-corrected chi connectivity index (χ3v) is 3.86. The Morgan fingerprint density at radius 1 is 0.739 bits per heavy atom. The predicted molar refractivity (Wildman–Crippen MR) is 103 cm³/mol. The summed E-state index contributed by atoms with van der Waals surface area (Å²) in [6, 6.07) is 12.4. The summed E-state index contributed by atoms with van der Waals surface area (Å²) < 4.78 is 0. The van der Waals surface area contributed by atoms with E-state index in [9.17, 15) is 0 Å². The summed E-state index contributed by atoms with van der Waals surface area (Å²) in [7, 11) is 4.37. The number of pyridine rings is 3. The van der Waals surface area contributed by atoms with Crippen LogP contribution in [0.3, 0.4) is 0 Å². The summed E-state index contributed by atoms with van der Waals surface area (Å²) in [5.74, 6) is 0. The number of hydrogen-bond acceptors (Lipinski definition) is 3. The van der Waals surface area contributed by atoms with E-state index >= 15 is 0 Å². The molecular formula is C17H18B3N3. The number of aromatic nitrogens is 3. The zero-order valence-corrected chi connectivity index (χ0v) is 14.0. The van der Waals surface area contributed by atoms with Gasteiger partial charge in [-0.1, -0.05) is 11.5 Å². The van der Waals surface area contributed by atoms with Crippen molar-refractivity contribution in [3.05, 3.63) is 59.9 Å². The summed E-state index contributed by atoms with van der Waals surface area (Å²) in [6.07, 6.45) is 3.69. The van der Waals surface area contributed by atoms with E-state index in [1.807, 2.05) is 18.5 Å². The van der Waals surface area contributed by atoms with E-state index in [1.165, 1.54) is 11.0 Å². The number of rotatable bonds is 3. The molecule has 0 bridgehead atoms. The van der Waals surface area contributed by atoms with Gasteiger partial charge in [0.1, 0.15) is 6.49 Å². The fraction of sp³-hybridized carbons (Fsp3) is 0.118. The van der Waals surface area contributed by atoms with E-state index < -0.39 is 0 Å². The molecule has 0 aliphatic heterocycles. The number of aryl methyl sites for hydroxylation is 2. The monoisotopic (exact) mass is 297 g/mol. The largest absolute Gasteiger partial charge is 0.255 e. The Balaban J connectivity index is 2.09. The summed E-state index contributed by atoms with van der Waals surface area (Å²) in [6.45, 7) is 4.62. The average Bonchev–Trinajstić information content (AvgIpc) is 2.54. The molecule has 3 aromatic rings. The van der Waals surface area contributed by atoms with Gasteiger partial charge in [-0.3, -0.25) is 9.97 Å². The third-order valence-electron chi connectivity index (χ3n) is 3.86. The van der Waals surface area contributed by atoms with Gasteiger partial charge in [-0.2, -0.15) is 0 Å². The molecule has 0 saturated heterocycles. The molecule has 0 aromatic carbocycles. The Kier molecular flexibility index (Phi) is 4.33. The van der Waals surface area contributed by atoms with Crippen molar-refractivity contribution in [1.29, 1.82) is 0 Å². The molecule has 6 heteroatoms. The number of nitrogens with zero attached hydrogens (tertiary/aromatic N) is 3. The molecule has 0 spiro atoms. The highest BCUT2D eigenvalue weighted by Gasteiger charge is 2.10. The Morgan fingerprint density at radius 2 is 1.30 bits per heavy atom. The molecular weight excluding hydrogens is 279 g/mol. The molecule has 0 saturated carbocycles. The van der Waals surface area contributed by atoms with E-state index in [0.29, 0.717) is 6.49 Å². The Bertz CT molecular complexity index is 850. The van der Waals surface area contributed by atoms with Gasteiger partial charge in [0.15, 0.2) is 0 Å². The second-order valence-corrected chi connectivity index (χ2v) is 6.26. The molecule has 0 aliphatic carbocycles. The molecule has 3 rings (SSSR count). The van der Waals surface area contributed by atoms with Crippen molar-refractivity contribution < 1.29 is 0 Å². The topological polar surface area (TPSA) is 38.7 Å². The van der Waals surface area contributed by atoms with Gasteiger partial charge >= 0.3 is 0 Å². The third kappa shape index (κ3) is 3.53. The average molecular weight is 297 g/mol. The molecule has 3 nitrogen and oxygen atoms in total. The molecule has 0 fully saturated rings. The minimum absolute atomic E-state index is 0.472. The van der Waals surface area contributed by atoms with Gasteiger partial charge in [0, 0.05) is 12.4 Å². The summed E-state index contributed by atoms with van der Waals surface area (Å²) in [5.41, 5.74) is 7.20. The molecule has 3 heterocycles. The molecule has 0 aliphatic rings. The zero-order valence-electron chi connectivity index (χ0n) is 14.0. The Labute approximate surface area is 139 Å². The molecule has 0 radical (unpaired) electrons. The van der Waals surface area contributed by atoms with E-state index in [2.05, 4.69) is 69.6 Å². The maximum absolute atomic E-state index is 4.79. The molecule has 110 valence electrons. The van der Waals surface area contributed by atoms with E-state index in [1.54, 1.807) is 0 Å². The standard InChI is InChI=1S/C17H18B3N3/c1-11-3-5-21-14(7-11)16-8-12(2)9-17(23-16)15-10-13(20(18)19)4-6-22-15/h3-10H,18-19H2,1-2H3. The van der Waals surface area contributed by atoms with Crippen LogP contribution < -0.4 is 5.46 Å². The van der Waals surface area contributed by atoms with Crippen LogP contribution in [0.2, 0.25) is 0 Å². The lowest BCUT2D eigenvalue weighted by molar-refractivity contribution is 1.20. The minimum atomic E-state index is 0.472. The molecule has 0 atom stereocenters. The van der Waals surface area contributed by atoms with Crippen LogP contribution in [0.15, 0.2) is 48.8 Å². The van der Waals surface area contributed by atoms with E-state index in [0.717, 1.165) is 28.3 Å². The first-order valence-corrected chi connectivity index (χ1v) is 7.91. The van der Waals surface area contributed by atoms with Crippen molar-refractivity contribution in [3.63, 3.8) is 0 Å². The Hall–Kier alpha value is -2.36. The van der Waals surface area contributed by atoms with Crippen LogP contribution in [-0.4, -0.2) is 36.9 Å². The van der Waals surface area contributed by atoms with Crippen LogP contribution in [0.25, 0.3) is 22.8 Å². The maximum atomic E-state index is 4.79. The van der Waals surface area contributed by atoms with Gasteiger partial charge in [0.25, 0.3) is 0 Å². The second-order valence-electron chi connectivity index (χ2n) is 6.26. The van der Waals surface area contributed by atoms with Crippen LogP contribution in [0.1, 0.15) is 11.1 Å². The first kappa shape index (κ1) is 15.5. The van der Waals surface area contributed by atoms with Crippen molar-refractivity contribution in [3.8, 4) is 22.8 Å². The maximum Gasteiger partial charge on any atom is 0.100 e. The normalized spacial score (nSPS) is 10.5. The summed E-state index contributed by atoms with van der Waals surface area (Å²) in [5, 5.41) is 0. The molecule has 23 heavy (non-hydrogen) atoms. The van der Waals surface area contributed by atoms with Crippen LogP contribution in [-0.2, 0) is 0 Å². The van der Waals surface area contributed by atoms with Crippen LogP contribution >= 0.6 is 0 Å². The smallest absolute Gasteiger partial charge is 0.100 e. The minimum Gasteiger partial charge on any atom is -0.255 e. The van der Waals surface area contributed by atoms with E-state index in [4.69, 9.17) is 4.98 Å². The molecule has 0 unspecified atom stereocenters. The lowest BCUT2D eigenvalue weighted by atomic mass is 9.17. The van der Waals surface area contributed by atoms with Gasteiger partial charge in [0.05, 0.1) is 38.2 Å². The molecule has 0 amide bonds. The highest BCUT2D eigenvalue weighted by molar-refractivity contribution is 7.35. The Morgan fingerprint density at radius 3 is 1.91 bits per heavy atom. The van der Waals surface area contributed by atoms with Crippen molar-refractivity contribution in [2.75, 3.05) is 0 Å². The van der Waals surface area contributed by atoms with Crippen LogP contribution in [0.4, 0.5) is 0 Å². The second kappa shape index (κ2) is 6.41. The number of hydrogen-bond donors (Lipinski definition) is 0. The fourth-order valence-corrected chi connectivity index (χ4v) is 2.55. The van der Waals surface area contributed by atoms with Gasteiger partial charge in [-0.15, -0.1) is 0 Å². The van der Waals surface area contributed by atoms with Gasteiger partial charge in [0.2, 0.25) is 0 Å². The van der Waals surface area contributed by atoms with Crippen LogP contribution in [0, 0.1) is 13.8 Å². The summed E-state index contributed by atoms with van der Waals surface area (Å²) >= 11 is 0. The fourth-order valence-electron chi connectivity index (χ4n) is 2.55. The van der Waals surface area contributed by atoms with Crippen molar-refractivity contribution in [2.45, 2.75) is 13.8 Å². The predicted octanol–water partition coefficient (Wildman–Crippen LogP) is 0.784.